The van der Waals surface area contributed by atoms with Gasteiger partial charge < -0.3 is 10.1 Å². The van der Waals surface area contributed by atoms with Crippen LogP contribution >= 0.6 is 11.6 Å². The summed E-state index contributed by atoms with van der Waals surface area (Å²) in [6, 6.07) is 1.67. The lowest BCUT2D eigenvalue weighted by Crippen LogP contribution is -2.18. The van der Waals surface area contributed by atoms with E-state index in [1.54, 1.807) is 0 Å². The third-order valence-corrected chi connectivity index (χ3v) is 2.16. The zero-order chi connectivity index (χ0) is 14.8. The molecule has 0 aliphatic rings. The second-order valence-corrected chi connectivity index (χ2v) is 3.64. The van der Waals surface area contributed by atoms with Gasteiger partial charge in [0.15, 0.2) is 10.8 Å². The van der Waals surface area contributed by atoms with Crippen molar-refractivity contribution in [3.63, 3.8) is 0 Å². The SMILES string of the molecule is CC(=O)Nc1ccc(OC(F)(F)F)c(Cl)c1[N+](=O)[O-]. The molecule has 0 saturated heterocycles. The van der Waals surface area contributed by atoms with Crippen LogP contribution in [0.2, 0.25) is 5.02 Å². The summed E-state index contributed by atoms with van der Waals surface area (Å²) < 4.78 is 39.7. The fourth-order valence-corrected chi connectivity index (χ4v) is 1.49. The first-order valence-corrected chi connectivity index (χ1v) is 5.00. The van der Waals surface area contributed by atoms with Gasteiger partial charge in [0.25, 0.3) is 0 Å². The van der Waals surface area contributed by atoms with E-state index in [2.05, 4.69) is 10.1 Å². The number of carbonyl (C=O) groups is 1. The minimum Gasteiger partial charge on any atom is -0.404 e. The van der Waals surface area contributed by atoms with Gasteiger partial charge in [0.1, 0.15) is 5.69 Å². The van der Waals surface area contributed by atoms with Gasteiger partial charge in [-0.15, -0.1) is 13.2 Å². The van der Waals surface area contributed by atoms with E-state index >= 15 is 0 Å². The standard InChI is InChI=1S/C9H6ClF3N2O4/c1-4(16)14-5-2-3-6(19-9(11,12)13)7(10)8(5)15(17)18/h2-3H,1H3,(H,14,16). The third-order valence-electron chi connectivity index (χ3n) is 1.80. The molecule has 1 amide bonds. The van der Waals surface area contributed by atoms with E-state index in [-0.39, 0.29) is 5.69 Å². The van der Waals surface area contributed by atoms with Crippen LogP contribution in [0.5, 0.6) is 5.75 Å². The summed E-state index contributed by atoms with van der Waals surface area (Å²) in [5, 5.41) is 12.0. The van der Waals surface area contributed by atoms with E-state index in [0.29, 0.717) is 0 Å². The summed E-state index contributed by atoms with van der Waals surface area (Å²) >= 11 is 5.48. The molecule has 0 unspecified atom stereocenters. The number of benzene rings is 1. The van der Waals surface area contributed by atoms with E-state index in [9.17, 15) is 28.1 Å². The molecule has 0 aliphatic heterocycles. The molecule has 0 saturated carbocycles. The zero-order valence-electron chi connectivity index (χ0n) is 9.25. The maximum absolute atomic E-state index is 12.0. The number of alkyl halides is 3. The molecule has 0 spiro atoms. The van der Waals surface area contributed by atoms with Crippen LogP contribution in [0.25, 0.3) is 0 Å². The van der Waals surface area contributed by atoms with Crippen molar-refractivity contribution in [2.75, 3.05) is 5.32 Å². The Kier molecular flexibility index (Phi) is 4.20. The maximum Gasteiger partial charge on any atom is 0.573 e. The molecule has 1 aromatic rings. The predicted molar refractivity (Wildman–Crippen MR) is 59.1 cm³/mol. The molecule has 104 valence electrons. The van der Waals surface area contributed by atoms with E-state index in [4.69, 9.17) is 11.6 Å². The smallest absolute Gasteiger partial charge is 0.404 e. The number of nitrogens with one attached hydrogen (secondary N) is 1. The molecule has 0 aliphatic carbocycles. The van der Waals surface area contributed by atoms with Crippen LogP contribution in [0.1, 0.15) is 6.92 Å². The number of amides is 1. The molecule has 1 N–H and O–H groups in total. The number of halogens is 4. The highest BCUT2D eigenvalue weighted by Crippen LogP contribution is 2.41. The van der Waals surface area contributed by atoms with Gasteiger partial charge >= 0.3 is 12.0 Å². The Bertz CT molecular complexity index is 533. The highest BCUT2D eigenvalue weighted by molar-refractivity contribution is 6.34. The Hall–Kier alpha value is -2.03. The number of hydrogen-bond donors (Lipinski definition) is 1. The number of nitro benzene ring substituents is 1. The van der Waals surface area contributed by atoms with Gasteiger partial charge in [-0.25, -0.2) is 0 Å². The Labute approximate surface area is 109 Å². The third kappa shape index (κ3) is 3.98. The quantitative estimate of drug-likeness (QED) is 0.686. The molecule has 0 bridgehead atoms. The van der Waals surface area contributed by atoms with Crippen molar-refractivity contribution in [2.24, 2.45) is 0 Å². The van der Waals surface area contributed by atoms with Gasteiger partial charge in [-0.05, 0) is 12.1 Å². The highest BCUT2D eigenvalue weighted by Gasteiger charge is 2.34. The fourth-order valence-electron chi connectivity index (χ4n) is 1.22. The number of anilines is 1. The van der Waals surface area contributed by atoms with Crippen LogP contribution in [-0.2, 0) is 4.79 Å². The lowest BCUT2D eigenvalue weighted by molar-refractivity contribution is -0.384. The summed E-state index contributed by atoms with van der Waals surface area (Å²) in [6.07, 6.45) is -5.03. The summed E-state index contributed by atoms with van der Waals surface area (Å²) in [5.41, 5.74) is -1.20. The molecular formula is C9H6ClF3N2O4. The van der Waals surface area contributed by atoms with Gasteiger partial charge in [-0.2, -0.15) is 0 Å². The first-order valence-electron chi connectivity index (χ1n) is 4.62. The Balaban J connectivity index is 3.31. The number of rotatable bonds is 3. The van der Waals surface area contributed by atoms with Gasteiger partial charge in [-0.1, -0.05) is 11.6 Å². The van der Waals surface area contributed by atoms with Crippen molar-refractivity contribution >= 4 is 28.9 Å². The highest BCUT2D eigenvalue weighted by atomic mass is 35.5. The van der Waals surface area contributed by atoms with Crippen LogP contribution in [0.3, 0.4) is 0 Å². The molecule has 0 radical (unpaired) electrons. The monoisotopic (exact) mass is 298 g/mol. The van der Waals surface area contributed by atoms with Gasteiger partial charge in [-0.3, -0.25) is 14.9 Å². The molecule has 1 rings (SSSR count). The lowest BCUT2D eigenvalue weighted by Gasteiger charge is -2.12. The first-order chi connectivity index (χ1) is 8.61. The van der Waals surface area contributed by atoms with Crippen LogP contribution in [0.15, 0.2) is 12.1 Å². The first kappa shape index (κ1) is 15.0. The van der Waals surface area contributed by atoms with Gasteiger partial charge in [0.2, 0.25) is 5.91 Å². The molecule has 0 heterocycles. The van der Waals surface area contributed by atoms with Crippen molar-refractivity contribution in [1.82, 2.24) is 0 Å². The van der Waals surface area contributed by atoms with Crippen LogP contribution in [0.4, 0.5) is 24.5 Å². The number of carbonyl (C=O) groups excluding carboxylic acids is 1. The molecule has 0 fully saturated rings. The number of ether oxygens (including phenoxy) is 1. The molecule has 0 aromatic heterocycles. The summed E-state index contributed by atoms with van der Waals surface area (Å²) in [7, 11) is 0. The molecule has 10 heteroatoms. The molecule has 1 aromatic carbocycles. The minimum absolute atomic E-state index is 0.322. The number of nitrogens with zero attached hydrogens (tertiary/aromatic N) is 1. The predicted octanol–water partition coefficient (Wildman–Crippen LogP) is 3.11. The largest absolute Gasteiger partial charge is 0.573 e. The summed E-state index contributed by atoms with van der Waals surface area (Å²) in [6.45, 7) is 1.08. The average Bonchev–Trinajstić information content (AvgIpc) is 2.19. The normalized spacial score (nSPS) is 11.0. The number of nitro groups is 1. The Morgan fingerprint density at radius 3 is 2.47 bits per heavy atom. The van der Waals surface area contributed by atoms with Gasteiger partial charge in [0, 0.05) is 6.92 Å². The van der Waals surface area contributed by atoms with Crippen molar-refractivity contribution in [3.05, 3.63) is 27.3 Å². The van der Waals surface area contributed by atoms with E-state index in [1.807, 2.05) is 0 Å². The number of hydrogen-bond acceptors (Lipinski definition) is 4. The Morgan fingerprint density at radius 2 is 2.05 bits per heavy atom. The average molecular weight is 299 g/mol. The van der Waals surface area contributed by atoms with Crippen molar-refractivity contribution in [3.8, 4) is 5.75 Å². The summed E-state index contributed by atoms with van der Waals surface area (Å²) in [4.78, 5) is 20.6. The van der Waals surface area contributed by atoms with E-state index in [0.717, 1.165) is 19.1 Å². The summed E-state index contributed by atoms with van der Waals surface area (Å²) in [5.74, 6) is -1.56. The molecule has 6 nitrogen and oxygen atoms in total. The van der Waals surface area contributed by atoms with Crippen molar-refractivity contribution < 1.29 is 27.6 Å². The topological polar surface area (TPSA) is 81.5 Å². The van der Waals surface area contributed by atoms with Crippen molar-refractivity contribution in [1.29, 1.82) is 0 Å². The fraction of sp³-hybridized carbons (Fsp3) is 0.222. The van der Waals surface area contributed by atoms with Crippen molar-refractivity contribution in [2.45, 2.75) is 13.3 Å². The molecule has 0 atom stereocenters. The lowest BCUT2D eigenvalue weighted by atomic mass is 10.2. The maximum atomic E-state index is 12.0. The van der Waals surface area contributed by atoms with Crippen LogP contribution < -0.4 is 10.1 Å². The van der Waals surface area contributed by atoms with Crippen LogP contribution in [-0.4, -0.2) is 17.2 Å². The molecule has 19 heavy (non-hydrogen) atoms. The van der Waals surface area contributed by atoms with Gasteiger partial charge in [0.05, 0.1) is 4.92 Å². The van der Waals surface area contributed by atoms with Crippen LogP contribution in [0, 0.1) is 10.1 Å². The van der Waals surface area contributed by atoms with E-state index < -0.39 is 33.7 Å². The second kappa shape index (κ2) is 5.31. The Morgan fingerprint density at radius 1 is 1.47 bits per heavy atom. The molecular weight excluding hydrogens is 293 g/mol. The second-order valence-electron chi connectivity index (χ2n) is 3.26. The minimum atomic E-state index is -5.03. The van der Waals surface area contributed by atoms with E-state index in [1.165, 1.54) is 0 Å². The zero-order valence-corrected chi connectivity index (χ0v) is 10.0.